The lowest BCUT2D eigenvalue weighted by Gasteiger charge is -2.18. The Morgan fingerprint density at radius 3 is 2.61 bits per heavy atom. The van der Waals surface area contributed by atoms with Gasteiger partial charge in [-0.05, 0) is 29.5 Å². The largest absolute Gasteiger partial charge is 0.383 e. The van der Waals surface area contributed by atoms with Crippen molar-refractivity contribution in [1.82, 2.24) is 9.55 Å². The molecule has 0 spiro atoms. The second-order valence-electron chi connectivity index (χ2n) is 7.93. The summed E-state index contributed by atoms with van der Waals surface area (Å²) in [6.07, 6.45) is 0.647. The number of ether oxygens (including phenoxy) is 1. The van der Waals surface area contributed by atoms with Crippen molar-refractivity contribution in [2.45, 2.75) is 25.4 Å². The van der Waals surface area contributed by atoms with Crippen LogP contribution in [0.25, 0.3) is 0 Å². The monoisotopic (exact) mass is 468 g/mol. The first-order valence-corrected chi connectivity index (χ1v) is 11.1. The van der Waals surface area contributed by atoms with Crippen LogP contribution in [0.5, 0.6) is 0 Å². The van der Waals surface area contributed by atoms with Crippen LogP contribution in [0.15, 0.2) is 64.2 Å². The highest BCUT2D eigenvalue weighted by Crippen LogP contribution is 2.50. The van der Waals surface area contributed by atoms with Crippen molar-refractivity contribution in [3.63, 3.8) is 0 Å². The molecule has 8 nitrogen and oxygen atoms in total. The summed E-state index contributed by atoms with van der Waals surface area (Å²) in [4.78, 5) is 40.6. The number of aromatic nitrogens is 2. The number of anilines is 2. The van der Waals surface area contributed by atoms with Crippen LogP contribution in [0.3, 0.4) is 0 Å². The summed E-state index contributed by atoms with van der Waals surface area (Å²) >= 11 is 6.29. The first-order valence-electron chi connectivity index (χ1n) is 10.7. The molecular weight excluding hydrogens is 444 g/mol. The molecule has 1 fully saturated rings. The van der Waals surface area contributed by atoms with Crippen LogP contribution >= 0.6 is 11.6 Å². The van der Waals surface area contributed by atoms with Gasteiger partial charge in [-0.1, -0.05) is 60.1 Å². The van der Waals surface area contributed by atoms with Gasteiger partial charge < -0.3 is 15.4 Å². The molecule has 1 aliphatic rings. The normalized spacial score (nSPS) is 16.9. The Bertz CT molecular complexity index is 1260. The molecule has 1 saturated carbocycles. The molecule has 1 heterocycles. The highest BCUT2D eigenvalue weighted by atomic mass is 35.5. The Hall–Kier alpha value is -3.36. The topological polar surface area (TPSA) is 105 Å². The number of H-pyrrole nitrogens is 1. The van der Waals surface area contributed by atoms with Gasteiger partial charge in [-0.25, -0.2) is 4.79 Å². The molecule has 3 aromatic rings. The summed E-state index contributed by atoms with van der Waals surface area (Å²) in [5.41, 5.74) is 0.779. The molecular formula is C24H25ClN4O4. The van der Waals surface area contributed by atoms with Crippen LogP contribution in [0.2, 0.25) is 5.02 Å². The van der Waals surface area contributed by atoms with Gasteiger partial charge in [0.1, 0.15) is 11.5 Å². The lowest BCUT2D eigenvalue weighted by Crippen LogP contribution is -2.36. The molecule has 2 atom stereocenters. The van der Waals surface area contributed by atoms with Gasteiger partial charge in [0.2, 0.25) is 5.91 Å². The number of methoxy groups -OCH3 is 1. The number of benzene rings is 2. The third-order valence-electron chi connectivity index (χ3n) is 5.70. The molecule has 0 radical (unpaired) electrons. The Kier molecular flexibility index (Phi) is 6.96. The third kappa shape index (κ3) is 5.18. The van der Waals surface area contributed by atoms with Crippen LogP contribution in [0.1, 0.15) is 23.5 Å². The molecule has 172 valence electrons. The summed E-state index contributed by atoms with van der Waals surface area (Å²) in [7, 11) is 1.52. The van der Waals surface area contributed by atoms with Crippen molar-refractivity contribution >= 4 is 29.0 Å². The second kappa shape index (κ2) is 10.1. The summed E-state index contributed by atoms with van der Waals surface area (Å²) in [5.74, 6) is -0.428. The lowest BCUT2D eigenvalue weighted by molar-refractivity contribution is -0.117. The third-order valence-corrected chi connectivity index (χ3v) is 6.05. The zero-order chi connectivity index (χ0) is 23.4. The number of nitrogens with one attached hydrogen (secondary N) is 3. The molecule has 3 N–H and O–H groups in total. The zero-order valence-corrected chi connectivity index (χ0v) is 18.9. The maximum absolute atomic E-state index is 13.1. The second-order valence-corrected chi connectivity index (χ2v) is 8.33. The number of carbonyl (C=O) groups excluding carboxylic acids is 1. The van der Waals surface area contributed by atoms with Gasteiger partial charge in [0, 0.05) is 24.6 Å². The van der Waals surface area contributed by atoms with E-state index >= 15 is 0 Å². The molecule has 1 aliphatic carbocycles. The van der Waals surface area contributed by atoms with Crippen LogP contribution < -0.4 is 21.9 Å². The number of nitrogens with zero attached hydrogens (tertiary/aromatic N) is 1. The first kappa shape index (κ1) is 22.8. The Labute approximate surface area is 195 Å². The minimum absolute atomic E-state index is 0.000529. The summed E-state index contributed by atoms with van der Waals surface area (Å²) in [5, 5.41) is 6.53. The predicted octanol–water partition coefficient (Wildman–Crippen LogP) is 3.19. The van der Waals surface area contributed by atoms with Gasteiger partial charge in [0.25, 0.3) is 5.56 Å². The fourth-order valence-corrected chi connectivity index (χ4v) is 4.14. The van der Waals surface area contributed by atoms with Crippen molar-refractivity contribution in [3.8, 4) is 0 Å². The van der Waals surface area contributed by atoms with Gasteiger partial charge in [0.15, 0.2) is 0 Å². The van der Waals surface area contributed by atoms with E-state index in [-0.39, 0.29) is 42.4 Å². The van der Waals surface area contributed by atoms with E-state index in [1.165, 1.54) is 11.7 Å². The number of rotatable bonds is 9. The summed E-state index contributed by atoms with van der Waals surface area (Å²) in [6, 6.07) is 17.0. The number of aromatic amines is 1. The molecule has 0 aliphatic heterocycles. The zero-order valence-electron chi connectivity index (χ0n) is 18.1. The Morgan fingerprint density at radius 1 is 1.15 bits per heavy atom. The SMILES string of the molecule is COCCn1c(NC(=O)C2CC2c2ccccc2Cl)c(NCc2ccccc2)c(=O)[nH]c1=O. The molecule has 1 aromatic heterocycles. The standard InChI is InChI=1S/C24H25ClN4O4/c1-33-12-11-29-21(27-22(30)18-13-17(18)16-9-5-6-10-19(16)25)20(23(31)28-24(29)32)26-14-15-7-3-2-4-8-15/h2-10,17-18,26H,11-14H2,1H3,(H,27,30)(H,28,31,32). The van der Waals surface area contributed by atoms with E-state index in [0.29, 0.717) is 18.0 Å². The van der Waals surface area contributed by atoms with Crippen molar-refractivity contribution in [2.24, 2.45) is 5.92 Å². The van der Waals surface area contributed by atoms with Crippen LogP contribution in [0, 0.1) is 5.92 Å². The average Bonchev–Trinajstić information content (AvgIpc) is 3.60. The highest BCUT2D eigenvalue weighted by Gasteiger charge is 2.45. The fourth-order valence-electron chi connectivity index (χ4n) is 3.86. The van der Waals surface area contributed by atoms with E-state index in [2.05, 4.69) is 15.6 Å². The quantitative estimate of drug-likeness (QED) is 0.447. The molecule has 33 heavy (non-hydrogen) atoms. The smallest absolute Gasteiger partial charge is 0.330 e. The van der Waals surface area contributed by atoms with Crippen LogP contribution in [0.4, 0.5) is 11.5 Å². The Balaban J connectivity index is 1.62. The maximum atomic E-state index is 13.1. The van der Waals surface area contributed by atoms with Gasteiger partial charge in [-0.3, -0.25) is 19.1 Å². The van der Waals surface area contributed by atoms with E-state index in [9.17, 15) is 14.4 Å². The lowest BCUT2D eigenvalue weighted by atomic mass is 10.1. The van der Waals surface area contributed by atoms with Gasteiger partial charge in [0.05, 0.1) is 13.2 Å². The molecule has 9 heteroatoms. The van der Waals surface area contributed by atoms with Crippen LogP contribution in [-0.4, -0.2) is 29.2 Å². The van der Waals surface area contributed by atoms with Crippen LogP contribution in [-0.2, 0) is 22.6 Å². The highest BCUT2D eigenvalue weighted by molar-refractivity contribution is 6.31. The van der Waals surface area contributed by atoms with E-state index in [1.54, 1.807) is 6.07 Å². The van der Waals surface area contributed by atoms with E-state index < -0.39 is 11.2 Å². The number of amides is 1. The molecule has 1 amide bonds. The number of hydrogen-bond donors (Lipinski definition) is 3. The number of carbonyl (C=O) groups is 1. The Morgan fingerprint density at radius 2 is 1.88 bits per heavy atom. The average molecular weight is 469 g/mol. The van der Waals surface area contributed by atoms with E-state index in [1.807, 2.05) is 48.5 Å². The maximum Gasteiger partial charge on any atom is 0.330 e. The van der Waals surface area contributed by atoms with Gasteiger partial charge in [-0.2, -0.15) is 0 Å². The molecule has 2 aromatic carbocycles. The van der Waals surface area contributed by atoms with E-state index in [4.69, 9.17) is 16.3 Å². The minimum atomic E-state index is -0.615. The molecule has 4 rings (SSSR count). The summed E-state index contributed by atoms with van der Waals surface area (Å²) < 4.78 is 6.42. The van der Waals surface area contributed by atoms with Crippen molar-refractivity contribution in [3.05, 3.63) is 91.6 Å². The minimum Gasteiger partial charge on any atom is -0.383 e. The van der Waals surface area contributed by atoms with Crippen molar-refractivity contribution in [2.75, 3.05) is 24.4 Å². The van der Waals surface area contributed by atoms with Crippen molar-refractivity contribution in [1.29, 1.82) is 0 Å². The van der Waals surface area contributed by atoms with Crippen molar-refractivity contribution < 1.29 is 9.53 Å². The predicted molar refractivity (Wildman–Crippen MR) is 128 cm³/mol. The first-order chi connectivity index (χ1) is 16.0. The van der Waals surface area contributed by atoms with Gasteiger partial charge in [-0.15, -0.1) is 0 Å². The summed E-state index contributed by atoms with van der Waals surface area (Å²) in [6.45, 7) is 0.750. The molecule has 0 saturated heterocycles. The fraction of sp³-hybridized carbons (Fsp3) is 0.292. The number of hydrogen-bond acceptors (Lipinski definition) is 5. The molecule has 2 unspecified atom stereocenters. The van der Waals surface area contributed by atoms with Gasteiger partial charge >= 0.3 is 5.69 Å². The molecule has 0 bridgehead atoms. The van der Waals surface area contributed by atoms with E-state index in [0.717, 1.165) is 11.1 Å². The number of halogens is 1.